The quantitative estimate of drug-likeness (QED) is 0.426. The highest BCUT2D eigenvalue weighted by Gasteiger charge is 2.36. The molecule has 0 saturated heterocycles. The third-order valence-electron chi connectivity index (χ3n) is 5.33. The highest BCUT2D eigenvalue weighted by Crippen LogP contribution is 2.52. The summed E-state index contributed by atoms with van der Waals surface area (Å²) in [6.07, 6.45) is 1.25. The molecule has 0 aliphatic rings. The number of aryl methyl sites for hydroxylation is 3. The molecule has 156 valence electrons. The van der Waals surface area contributed by atoms with Gasteiger partial charge in [0.2, 0.25) is 5.52 Å². The SMILES string of the molecule is CCCNc1ccc(P(=O)(Cc2ccccc2)C(=O)c2c(C)cc(C)cc2C)cc1. The van der Waals surface area contributed by atoms with Gasteiger partial charge < -0.3 is 9.88 Å². The van der Waals surface area contributed by atoms with Gasteiger partial charge in [-0.15, -0.1) is 0 Å². The summed E-state index contributed by atoms with van der Waals surface area (Å²) in [5, 5.41) is 3.94. The van der Waals surface area contributed by atoms with Crippen LogP contribution in [0.1, 0.15) is 46.0 Å². The second-order valence-electron chi connectivity index (χ2n) is 7.94. The Kier molecular flexibility index (Phi) is 6.95. The molecule has 3 nitrogen and oxygen atoms in total. The zero-order valence-corrected chi connectivity index (χ0v) is 19.1. The predicted octanol–water partition coefficient (Wildman–Crippen LogP) is 6.46. The van der Waals surface area contributed by atoms with E-state index in [1.165, 1.54) is 0 Å². The van der Waals surface area contributed by atoms with Crippen LogP contribution in [0, 0.1) is 20.8 Å². The summed E-state index contributed by atoms with van der Waals surface area (Å²) >= 11 is 0. The fourth-order valence-corrected chi connectivity index (χ4v) is 6.54. The fraction of sp³-hybridized carbons (Fsp3) is 0.269. The van der Waals surface area contributed by atoms with Crippen molar-refractivity contribution < 1.29 is 9.36 Å². The molecule has 0 aromatic heterocycles. The van der Waals surface area contributed by atoms with Gasteiger partial charge >= 0.3 is 0 Å². The van der Waals surface area contributed by atoms with Crippen LogP contribution in [0.2, 0.25) is 0 Å². The van der Waals surface area contributed by atoms with E-state index < -0.39 is 7.14 Å². The van der Waals surface area contributed by atoms with Crippen LogP contribution in [-0.4, -0.2) is 12.1 Å². The first-order chi connectivity index (χ1) is 14.3. The maximum absolute atomic E-state index is 14.4. The molecule has 30 heavy (non-hydrogen) atoms. The summed E-state index contributed by atoms with van der Waals surface area (Å²) in [4.78, 5) is 13.8. The van der Waals surface area contributed by atoms with Crippen molar-refractivity contribution >= 4 is 23.7 Å². The highest BCUT2D eigenvalue weighted by atomic mass is 31.2. The van der Waals surface area contributed by atoms with Crippen molar-refractivity contribution in [2.75, 3.05) is 11.9 Å². The van der Waals surface area contributed by atoms with Gasteiger partial charge in [-0.3, -0.25) is 4.79 Å². The van der Waals surface area contributed by atoms with Gasteiger partial charge in [0.05, 0.1) is 0 Å². The van der Waals surface area contributed by atoms with Gasteiger partial charge in [0, 0.05) is 29.3 Å². The van der Waals surface area contributed by atoms with Crippen LogP contribution in [-0.2, 0) is 10.7 Å². The number of hydrogen-bond acceptors (Lipinski definition) is 3. The van der Waals surface area contributed by atoms with Gasteiger partial charge in [-0.25, -0.2) is 0 Å². The lowest BCUT2D eigenvalue weighted by molar-refractivity contribution is 0.107. The number of carbonyl (C=O) groups excluding carboxylic acids is 1. The van der Waals surface area contributed by atoms with Crippen molar-refractivity contribution in [3.8, 4) is 0 Å². The Morgan fingerprint density at radius 1 is 0.900 bits per heavy atom. The Morgan fingerprint density at radius 2 is 1.50 bits per heavy atom. The topological polar surface area (TPSA) is 46.2 Å². The second-order valence-corrected chi connectivity index (χ2v) is 10.7. The van der Waals surface area contributed by atoms with E-state index in [1.54, 1.807) is 0 Å². The van der Waals surface area contributed by atoms with Crippen LogP contribution in [0.4, 0.5) is 5.69 Å². The highest BCUT2D eigenvalue weighted by molar-refractivity contribution is 7.86. The van der Waals surface area contributed by atoms with E-state index in [9.17, 15) is 9.36 Å². The normalized spacial score (nSPS) is 12.9. The van der Waals surface area contributed by atoms with Crippen molar-refractivity contribution in [1.82, 2.24) is 0 Å². The average Bonchev–Trinajstić information content (AvgIpc) is 2.72. The van der Waals surface area contributed by atoms with E-state index in [2.05, 4.69) is 12.2 Å². The number of anilines is 1. The lowest BCUT2D eigenvalue weighted by Gasteiger charge is -2.21. The zero-order chi connectivity index (χ0) is 21.7. The first-order valence-corrected chi connectivity index (χ1v) is 12.3. The van der Waals surface area contributed by atoms with Gasteiger partial charge in [-0.2, -0.15) is 0 Å². The van der Waals surface area contributed by atoms with Crippen molar-refractivity contribution in [3.63, 3.8) is 0 Å². The largest absolute Gasteiger partial charge is 0.385 e. The Bertz CT molecular complexity index is 1050. The number of hydrogen-bond donors (Lipinski definition) is 1. The van der Waals surface area contributed by atoms with E-state index in [4.69, 9.17) is 0 Å². The van der Waals surface area contributed by atoms with Crippen LogP contribution in [0.25, 0.3) is 0 Å². The molecule has 0 spiro atoms. The van der Waals surface area contributed by atoms with E-state index in [-0.39, 0.29) is 11.7 Å². The van der Waals surface area contributed by atoms with E-state index >= 15 is 0 Å². The van der Waals surface area contributed by atoms with Crippen LogP contribution >= 0.6 is 7.14 Å². The molecule has 1 unspecified atom stereocenters. The molecule has 1 N–H and O–H groups in total. The maximum atomic E-state index is 14.4. The maximum Gasteiger partial charge on any atom is 0.226 e. The molecule has 0 heterocycles. The van der Waals surface area contributed by atoms with E-state index in [0.717, 1.165) is 40.9 Å². The second kappa shape index (κ2) is 9.45. The molecule has 0 amide bonds. The molecule has 3 aromatic rings. The molecular weight excluding hydrogens is 389 g/mol. The monoisotopic (exact) mass is 419 g/mol. The minimum absolute atomic E-state index is 0.223. The molecule has 4 heteroatoms. The summed E-state index contributed by atoms with van der Waals surface area (Å²) in [5.74, 6) is 0. The standard InChI is InChI=1S/C26H30NO2P/c1-5-15-27-23-11-13-24(14-12-23)30(29,18-22-9-7-6-8-10-22)26(28)25-20(3)16-19(2)17-21(25)4/h6-14,16-17,27H,5,15,18H2,1-4H3. The van der Waals surface area contributed by atoms with Crippen LogP contribution in [0.15, 0.2) is 66.7 Å². The van der Waals surface area contributed by atoms with Gasteiger partial charge in [-0.1, -0.05) is 55.0 Å². The van der Waals surface area contributed by atoms with Gasteiger partial charge in [0.1, 0.15) is 0 Å². The lowest BCUT2D eigenvalue weighted by Crippen LogP contribution is -2.17. The molecule has 1 atom stereocenters. The number of carbonyl (C=O) groups is 1. The van der Waals surface area contributed by atoms with E-state index in [0.29, 0.717) is 10.9 Å². The molecule has 0 bridgehead atoms. The summed E-state index contributed by atoms with van der Waals surface area (Å²) in [6, 6.07) is 21.2. The van der Waals surface area contributed by atoms with E-state index in [1.807, 2.05) is 87.5 Å². The van der Waals surface area contributed by atoms with Crippen LogP contribution in [0.5, 0.6) is 0 Å². The van der Waals surface area contributed by atoms with Gasteiger partial charge in [0.15, 0.2) is 7.14 Å². The Labute approximate surface area is 179 Å². The molecule has 0 aliphatic carbocycles. The summed E-state index contributed by atoms with van der Waals surface area (Å²) in [7, 11) is -3.39. The Balaban J connectivity index is 2.08. The van der Waals surface area contributed by atoms with Crippen molar-refractivity contribution in [1.29, 1.82) is 0 Å². The molecule has 0 aliphatic heterocycles. The number of benzene rings is 3. The average molecular weight is 420 g/mol. The summed E-state index contributed by atoms with van der Waals surface area (Å²) in [6.45, 7) is 8.86. The fourth-order valence-electron chi connectivity index (χ4n) is 3.91. The summed E-state index contributed by atoms with van der Waals surface area (Å²) < 4.78 is 14.4. The first kappa shape index (κ1) is 22.1. The predicted molar refractivity (Wildman–Crippen MR) is 128 cm³/mol. The Hall–Kier alpha value is -2.64. The molecule has 3 rings (SSSR count). The van der Waals surface area contributed by atoms with Crippen molar-refractivity contribution in [2.24, 2.45) is 0 Å². The number of rotatable bonds is 8. The first-order valence-electron chi connectivity index (χ1n) is 10.5. The van der Waals surface area contributed by atoms with Gasteiger partial charge in [0.25, 0.3) is 0 Å². The zero-order valence-electron chi connectivity index (χ0n) is 18.2. The minimum Gasteiger partial charge on any atom is -0.385 e. The minimum atomic E-state index is -3.39. The smallest absolute Gasteiger partial charge is 0.226 e. The van der Waals surface area contributed by atoms with Crippen molar-refractivity contribution in [2.45, 2.75) is 40.3 Å². The third kappa shape index (κ3) is 4.74. The molecule has 0 saturated carbocycles. The molecule has 3 aromatic carbocycles. The van der Waals surface area contributed by atoms with Crippen molar-refractivity contribution in [3.05, 3.63) is 94.5 Å². The van der Waals surface area contributed by atoms with Crippen LogP contribution < -0.4 is 10.6 Å². The lowest BCUT2D eigenvalue weighted by atomic mass is 10.0. The summed E-state index contributed by atoms with van der Waals surface area (Å²) in [5.41, 5.74) is 5.08. The van der Waals surface area contributed by atoms with Gasteiger partial charge in [-0.05, 0) is 68.1 Å². The Morgan fingerprint density at radius 3 is 2.07 bits per heavy atom. The number of nitrogens with one attached hydrogen (secondary N) is 1. The third-order valence-corrected chi connectivity index (χ3v) is 8.15. The molecule has 0 radical (unpaired) electrons. The molecular formula is C26H30NO2P. The molecule has 0 fully saturated rings. The van der Waals surface area contributed by atoms with Crippen LogP contribution in [0.3, 0.4) is 0 Å².